The van der Waals surface area contributed by atoms with Crippen molar-refractivity contribution in [3.63, 3.8) is 0 Å². The molecule has 2 amide bonds. The molecule has 0 spiro atoms. The maximum Gasteiger partial charge on any atom is 0.242 e. The van der Waals surface area contributed by atoms with Crippen LogP contribution in [0.2, 0.25) is 0 Å². The first-order valence-electron chi connectivity index (χ1n) is 16.0. The van der Waals surface area contributed by atoms with E-state index >= 15 is 0 Å². The summed E-state index contributed by atoms with van der Waals surface area (Å²) in [6.45, 7) is 7.08. The highest BCUT2D eigenvalue weighted by atomic mass is 16.7. The molecule has 0 aliphatic carbocycles. The normalized spacial score (nSPS) is 14.1. The molecule has 2 aromatic heterocycles. The van der Waals surface area contributed by atoms with E-state index in [0.717, 1.165) is 69.7 Å². The molecule has 3 heterocycles. The van der Waals surface area contributed by atoms with Gasteiger partial charge in [-0.2, -0.15) is 0 Å². The van der Waals surface area contributed by atoms with E-state index in [2.05, 4.69) is 105 Å². The van der Waals surface area contributed by atoms with Crippen LogP contribution in [0.15, 0.2) is 73.1 Å². The molecule has 0 radical (unpaired) electrons. The predicted molar refractivity (Wildman–Crippen MR) is 181 cm³/mol. The molecule has 0 saturated carbocycles. The van der Waals surface area contributed by atoms with Crippen LogP contribution >= 0.6 is 0 Å². The molecule has 1 aliphatic heterocycles. The second-order valence-corrected chi connectivity index (χ2v) is 12.2. The van der Waals surface area contributed by atoms with Crippen LogP contribution < -0.4 is 5.32 Å². The summed E-state index contributed by atoms with van der Waals surface area (Å²) in [5, 5.41) is 4.69. The molecule has 1 aliphatic rings. The van der Waals surface area contributed by atoms with E-state index in [1.165, 1.54) is 0 Å². The number of hydrogen-bond acceptors (Lipinski definition) is 7. The predicted octanol–water partition coefficient (Wildman–Crippen LogP) is 4.97. The topological polar surface area (TPSA) is 128 Å². The lowest BCUT2D eigenvalue weighted by Gasteiger charge is -2.30. The fourth-order valence-corrected chi connectivity index (χ4v) is 5.98. The van der Waals surface area contributed by atoms with Crippen LogP contribution in [0.5, 0.6) is 0 Å². The third-order valence-electron chi connectivity index (χ3n) is 8.37. The van der Waals surface area contributed by atoms with Crippen LogP contribution in [-0.4, -0.2) is 87.7 Å². The molecule has 3 aromatic carbocycles. The minimum atomic E-state index is -0.902. The van der Waals surface area contributed by atoms with Crippen LogP contribution in [-0.2, 0) is 32.2 Å². The van der Waals surface area contributed by atoms with Crippen molar-refractivity contribution in [2.45, 2.75) is 39.1 Å². The Labute approximate surface area is 274 Å². The van der Waals surface area contributed by atoms with Gasteiger partial charge in [0.2, 0.25) is 12.3 Å². The quantitative estimate of drug-likeness (QED) is 0.147. The number of aromatic amines is 2. The van der Waals surface area contributed by atoms with Crippen molar-refractivity contribution in [3.05, 3.63) is 84.7 Å². The Balaban J connectivity index is 1.14. The van der Waals surface area contributed by atoms with Gasteiger partial charge in [-0.15, -0.1) is 0 Å². The highest BCUT2D eigenvalue weighted by Crippen LogP contribution is 2.30. The second kappa shape index (κ2) is 14.3. The minimum Gasteiger partial charge on any atom is -0.350 e. The number of fused-ring (bicyclic) bond motifs is 1. The Morgan fingerprint density at radius 3 is 2.11 bits per heavy atom. The summed E-state index contributed by atoms with van der Waals surface area (Å²) in [5.41, 5.74) is 6.25. The van der Waals surface area contributed by atoms with Gasteiger partial charge in [-0.05, 0) is 66.5 Å². The Kier molecular flexibility index (Phi) is 9.76. The van der Waals surface area contributed by atoms with Gasteiger partial charge in [0.1, 0.15) is 11.6 Å². The van der Waals surface area contributed by atoms with Crippen LogP contribution in [0.3, 0.4) is 0 Å². The van der Waals surface area contributed by atoms with Crippen molar-refractivity contribution in [3.8, 4) is 33.6 Å². The highest BCUT2D eigenvalue weighted by molar-refractivity contribution is 5.90. The first kappa shape index (κ1) is 32.1. The van der Waals surface area contributed by atoms with Gasteiger partial charge in [0, 0.05) is 5.56 Å². The maximum absolute atomic E-state index is 12.9. The van der Waals surface area contributed by atoms with E-state index in [0.29, 0.717) is 25.4 Å². The molecule has 0 bridgehead atoms. The van der Waals surface area contributed by atoms with Gasteiger partial charge in [0.25, 0.3) is 0 Å². The third-order valence-corrected chi connectivity index (χ3v) is 8.37. The summed E-state index contributed by atoms with van der Waals surface area (Å²) < 4.78 is 11.4. The smallest absolute Gasteiger partial charge is 0.242 e. The van der Waals surface area contributed by atoms with Gasteiger partial charge in [-0.3, -0.25) is 14.5 Å². The number of amides is 2. The number of benzene rings is 3. The van der Waals surface area contributed by atoms with E-state index in [1.54, 1.807) is 18.0 Å². The molecular formula is C36H41N7O4. The number of imidazole rings is 2. The lowest BCUT2D eigenvalue weighted by atomic mass is 9.98. The van der Waals surface area contributed by atoms with E-state index in [1.807, 2.05) is 6.20 Å². The zero-order chi connectivity index (χ0) is 32.8. The highest BCUT2D eigenvalue weighted by Gasteiger charge is 2.35. The van der Waals surface area contributed by atoms with E-state index < -0.39 is 5.79 Å². The Hall–Kier alpha value is -4.84. The number of H-pyrrole nitrogens is 2. The zero-order valence-electron chi connectivity index (χ0n) is 27.1. The maximum atomic E-state index is 12.9. The van der Waals surface area contributed by atoms with Crippen molar-refractivity contribution >= 4 is 23.1 Å². The number of rotatable bonds is 14. The molecule has 3 N–H and O–H groups in total. The molecule has 0 unspecified atom stereocenters. The SMILES string of the molecule is CCCN(C)Cc1ncc(-c2ccc(-c3ccc4cc(-c5cnc(CN(CC6(C)OCCO6)C(=O)CNC=O)[nH]5)ccc4c3)cc2)[nH]1. The van der Waals surface area contributed by atoms with E-state index in [4.69, 9.17) is 9.47 Å². The summed E-state index contributed by atoms with van der Waals surface area (Å²) in [7, 11) is 2.11. The molecule has 0 atom stereocenters. The number of ether oxygens (including phenoxy) is 2. The van der Waals surface area contributed by atoms with Crippen LogP contribution in [0.4, 0.5) is 0 Å². The van der Waals surface area contributed by atoms with Gasteiger partial charge in [0.05, 0.1) is 63.2 Å². The summed E-state index contributed by atoms with van der Waals surface area (Å²) in [6.07, 6.45) is 5.31. The molecule has 6 rings (SSSR count). The fraction of sp³-hybridized carbons (Fsp3) is 0.333. The molecule has 11 heteroatoms. The zero-order valence-corrected chi connectivity index (χ0v) is 27.1. The van der Waals surface area contributed by atoms with Crippen molar-refractivity contribution in [1.29, 1.82) is 0 Å². The van der Waals surface area contributed by atoms with Gasteiger partial charge in [-0.25, -0.2) is 9.97 Å². The molecule has 1 fully saturated rings. The summed E-state index contributed by atoms with van der Waals surface area (Å²) >= 11 is 0. The number of hydrogen-bond donors (Lipinski definition) is 3. The number of aromatic nitrogens is 4. The molecule has 244 valence electrons. The summed E-state index contributed by atoms with van der Waals surface area (Å²) in [6, 6.07) is 21.3. The minimum absolute atomic E-state index is 0.119. The van der Waals surface area contributed by atoms with Gasteiger partial charge in [0.15, 0.2) is 5.79 Å². The van der Waals surface area contributed by atoms with E-state index in [9.17, 15) is 9.59 Å². The van der Waals surface area contributed by atoms with E-state index in [-0.39, 0.29) is 25.5 Å². The van der Waals surface area contributed by atoms with Gasteiger partial charge in [-0.1, -0.05) is 55.5 Å². The monoisotopic (exact) mass is 635 g/mol. The van der Waals surface area contributed by atoms with Crippen LogP contribution in [0, 0.1) is 0 Å². The first-order chi connectivity index (χ1) is 22.8. The molecule has 5 aromatic rings. The van der Waals surface area contributed by atoms with Gasteiger partial charge >= 0.3 is 0 Å². The van der Waals surface area contributed by atoms with Crippen LogP contribution in [0.1, 0.15) is 31.9 Å². The molecule has 47 heavy (non-hydrogen) atoms. The molecule has 1 saturated heterocycles. The molecular weight excluding hydrogens is 594 g/mol. The standard InChI is InChI=1S/C36H41N7O4/c1-4-13-42(3)21-33-38-18-31(40-33)26-7-5-25(6-8-26)27-9-10-29-17-30(12-11-28(29)16-27)32-19-39-34(41-32)22-43(35(45)20-37-24-44)23-36(2)46-14-15-47-36/h5-12,16-19,24H,4,13-15,20-23H2,1-3H3,(H,37,44)(H,38,40)(H,39,41). The Morgan fingerprint density at radius 1 is 0.872 bits per heavy atom. The van der Waals surface area contributed by atoms with Crippen LogP contribution in [0.25, 0.3) is 44.4 Å². The third kappa shape index (κ3) is 7.76. The molecule has 11 nitrogen and oxygen atoms in total. The summed E-state index contributed by atoms with van der Waals surface area (Å²) in [5.74, 6) is 0.434. The Bertz CT molecular complexity index is 1820. The fourth-order valence-electron chi connectivity index (χ4n) is 5.98. The van der Waals surface area contributed by atoms with Crippen molar-refractivity contribution in [1.82, 2.24) is 35.1 Å². The van der Waals surface area contributed by atoms with Crippen molar-refractivity contribution in [2.75, 3.05) is 39.9 Å². The number of carbonyl (C=O) groups excluding carboxylic acids is 2. The lowest BCUT2D eigenvalue weighted by molar-refractivity contribution is -0.167. The average molecular weight is 636 g/mol. The Morgan fingerprint density at radius 2 is 1.45 bits per heavy atom. The number of carbonyl (C=O) groups is 2. The second-order valence-electron chi connectivity index (χ2n) is 12.2. The van der Waals surface area contributed by atoms with Crippen molar-refractivity contribution in [2.24, 2.45) is 0 Å². The number of nitrogens with zero attached hydrogens (tertiary/aromatic N) is 4. The van der Waals surface area contributed by atoms with Crippen molar-refractivity contribution < 1.29 is 19.1 Å². The first-order valence-corrected chi connectivity index (χ1v) is 16.0. The number of nitrogens with one attached hydrogen (secondary N) is 3. The largest absolute Gasteiger partial charge is 0.350 e. The lowest BCUT2D eigenvalue weighted by Crippen LogP contribution is -2.47. The average Bonchev–Trinajstić information content (AvgIpc) is 3.85. The van der Waals surface area contributed by atoms with Gasteiger partial charge < -0.3 is 29.7 Å². The summed E-state index contributed by atoms with van der Waals surface area (Å²) in [4.78, 5) is 43.4.